The van der Waals surface area contributed by atoms with Gasteiger partial charge in [0.1, 0.15) is 0 Å². The highest BCUT2D eigenvalue weighted by molar-refractivity contribution is 7.89. The number of rotatable bonds is 8. The van der Waals surface area contributed by atoms with Crippen LogP contribution in [0.15, 0.2) is 53.4 Å². The van der Waals surface area contributed by atoms with Crippen LogP contribution in [0.5, 0.6) is 0 Å². The molecule has 0 aliphatic carbocycles. The minimum atomic E-state index is -3.70. The van der Waals surface area contributed by atoms with Crippen molar-refractivity contribution in [1.82, 2.24) is 4.72 Å². The van der Waals surface area contributed by atoms with Gasteiger partial charge in [0.15, 0.2) is 0 Å². The lowest BCUT2D eigenvalue weighted by atomic mass is 10.2. The first-order chi connectivity index (χ1) is 11.9. The molecule has 2 N–H and O–H groups in total. The van der Waals surface area contributed by atoms with Crippen LogP contribution in [0.1, 0.15) is 12.0 Å². The number of benzene rings is 2. The van der Waals surface area contributed by atoms with E-state index in [1.54, 1.807) is 31.4 Å². The Morgan fingerprint density at radius 1 is 1.16 bits per heavy atom. The number of ether oxygens (including phenoxy) is 1. The summed E-state index contributed by atoms with van der Waals surface area (Å²) in [6, 6.07) is 13.2. The van der Waals surface area contributed by atoms with Crippen molar-refractivity contribution < 1.29 is 17.9 Å². The molecule has 8 heteroatoms. The molecule has 25 heavy (non-hydrogen) atoms. The number of nitrogens with one attached hydrogen (secondary N) is 2. The highest BCUT2D eigenvalue weighted by Crippen LogP contribution is 2.17. The van der Waals surface area contributed by atoms with Crippen LogP contribution in [0.25, 0.3) is 0 Å². The molecule has 2 aromatic rings. The van der Waals surface area contributed by atoms with E-state index in [4.69, 9.17) is 16.3 Å². The highest BCUT2D eigenvalue weighted by atomic mass is 35.5. The molecule has 0 bridgehead atoms. The summed E-state index contributed by atoms with van der Waals surface area (Å²) in [4.78, 5) is 12.1. The Kier molecular flexibility index (Phi) is 6.95. The van der Waals surface area contributed by atoms with E-state index in [1.165, 1.54) is 12.1 Å². The second-order valence-corrected chi connectivity index (χ2v) is 7.45. The molecule has 0 radical (unpaired) electrons. The second kappa shape index (κ2) is 8.96. The molecule has 0 fully saturated rings. The van der Waals surface area contributed by atoms with E-state index in [9.17, 15) is 13.2 Å². The third-order valence-electron chi connectivity index (χ3n) is 3.34. The maximum absolute atomic E-state index is 12.1. The molecule has 1 amide bonds. The summed E-state index contributed by atoms with van der Waals surface area (Å²) < 4.78 is 31.8. The quantitative estimate of drug-likeness (QED) is 0.735. The molecular weight excluding hydrogens is 364 g/mol. The zero-order valence-electron chi connectivity index (χ0n) is 13.7. The highest BCUT2D eigenvalue weighted by Gasteiger charge is 2.14. The van der Waals surface area contributed by atoms with E-state index in [2.05, 4.69) is 10.0 Å². The molecule has 2 rings (SSSR count). The van der Waals surface area contributed by atoms with Crippen LogP contribution in [0.2, 0.25) is 5.02 Å². The first-order valence-corrected chi connectivity index (χ1v) is 9.40. The van der Waals surface area contributed by atoms with Crippen molar-refractivity contribution in [3.8, 4) is 0 Å². The number of amides is 1. The van der Waals surface area contributed by atoms with Gasteiger partial charge in [0.05, 0.1) is 11.5 Å². The molecule has 0 aliphatic heterocycles. The molecule has 0 spiro atoms. The van der Waals surface area contributed by atoms with E-state index in [-0.39, 0.29) is 23.8 Å². The Morgan fingerprint density at radius 3 is 2.64 bits per heavy atom. The van der Waals surface area contributed by atoms with Crippen LogP contribution in [0, 0.1) is 0 Å². The topological polar surface area (TPSA) is 84.5 Å². The molecule has 0 unspecified atom stereocenters. The zero-order valence-corrected chi connectivity index (χ0v) is 15.2. The average Bonchev–Trinajstić information content (AvgIpc) is 2.57. The Labute approximate surface area is 152 Å². The van der Waals surface area contributed by atoms with Gasteiger partial charge in [-0.3, -0.25) is 4.79 Å². The molecule has 2 aromatic carbocycles. The Hall–Kier alpha value is -1.93. The Morgan fingerprint density at radius 2 is 1.92 bits per heavy atom. The number of hydrogen-bond acceptors (Lipinski definition) is 4. The monoisotopic (exact) mass is 382 g/mol. The van der Waals surface area contributed by atoms with Gasteiger partial charge in [-0.25, -0.2) is 13.1 Å². The van der Waals surface area contributed by atoms with Gasteiger partial charge in [0.2, 0.25) is 15.9 Å². The van der Waals surface area contributed by atoms with Gasteiger partial charge in [-0.05, 0) is 24.3 Å². The van der Waals surface area contributed by atoms with Gasteiger partial charge in [-0.1, -0.05) is 35.9 Å². The van der Waals surface area contributed by atoms with E-state index in [0.717, 1.165) is 5.56 Å². The van der Waals surface area contributed by atoms with Gasteiger partial charge < -0.3 is 10.1 Å². The summed E-state index contributed by atoms with van der Waals surface area (Å²) in [5.74, 6) is -0.294. The molecular formula is C17H19ClN2O4S. The van der Waals surface area contributed by atoms with E-state index >= 15 is 0 Å². The second-order valence-electron chi connectivity index (χ2n) is 5.24. The third kappa shape index (κ3) is 5.82. The van der Waals surface area contributed by atoms with Crippen LogP contribution >= 0.6 is 11.6 Å². The van der Waals surface area contributed by atoms with Crippen LogP contribution < -0.4 is 10.0 Å². The lowest BCUT2D eigenvalue weighted by Gasteiger charge is -2.11. The summed E-state index contributed by atoms with van der Waals surface area (Å²) in [5.41, 5.74) is 1.49. The van der Waals surface area contributed by atoms with Gasteiger partial charge >= 0.3 is 0 Å². The van der Waals surface area contributed by atoms with Crippen molar-refractivity contribution in [1.29, 1.82) is 0 Å². The van der Waals surface area contributed by atoms with Gasteiger partial charge in [-0.2, -0.15) is 0 Å². The normalized spacial score (nSPS) is 11.3. The number of methoxy groups -OCH3 is 1. The van der Waals surface area contributed by atoms with Gasteiger partial charge in [0.25, 0.3) is 0 Å². The van der Waals surface area contributed by atoms with E-state index in [1.807, 2.05) is 12.1 Å². The van der Waals surface area contributed by atoms with Gasteiger partial charge in [0, 0.05) is 36.3 Å². The zero-order chi connectivity index (χ0) is 18.3. The minimum Gasteiger partial charge on any atom is -0.380 e. The smallest absolute Gasteiger partial charge is 0.240 e. The number of halogens is 1. The molecule has 0 aliphatic rings. The lowest BCUT2D eigenvalue weighted by Crippen LogP contribution is -2.28. The molecule has 134 valence electrons. The van der Waals surface area contributed by atoms with Crippen molar-refractivity contribution in [3.63, 3.8) is 0 Å². The predicted octanol–water partition coefficient (Wildman–Crippen LogP) is 2.79. The van der Waals surface area contributed by atoms with Gasteiger partial charge in [-0.15, -0.1) is 0 Å². The maximum atomic E-state index is 12.1. The SMILES string of the molecule is COCc1ccccc1NC(=O)CCNS(=O)(=O)c1cccc(Cl)c1. The minimum absolute atomic E-state index is 0.00110. The summed E-state index contributed by atoms with van der Waals surface area (Å²) in [7, 11) is -2.13. The number of anilines is 1. The van der Waals surface area contributed by atoms with E-state index in [0.29, 0.717) is 17.3 Å². The standard InChI is InChI=1S/C17H19ClN2O4S/c1-24-12-13-5-2-3-8-16(13)20-17(21)9-10-19-25(22,23)15-7-4-6-14(18)11-15/h2-8,11,19H,9-10,12H2,1H3,(H,20,21). The van der Waals surface area contributed by atoms with Crippen molar-refractivity contribution in [3.05, 3.63) is 59.1 Å². The van der Waals surface area contributed by atoms with Crippen LogP contribution in [0.3, 0.4) is 0 Å². The summed E-state index contributed by atoms with van der Waals surface area (Å²) >= 11 is 5.80. The largest absolute Gasteiger partial charge is 0.380 e. The van der Waals surface area contributed by atoms with Crippen LogP contribution in [-0.2, 0) is 26.2 Å². The first-order valence-electron chi connectivity index (χ1n) is 7.54. The summed E-state index contributed by atoms with van der Waals surface area (Å²) in [6.45, 7) is 0.352. The molecule has 0 atom stereocenters. The number of sulfonamides is 1. The van der Waals surface area contributed by atoms with Crippen molar-refractivity contribution in [2.45, 2.75) is 17.9 Å². The Balaban J connectivity index is 1.90. The number of carbonyl (C=O) groups is 1. The first kappa shape index (κ1) is 19.4. The molecule has 0 saturated carbocycles. The average molecular weight is 383 g/mol. The molecule has 0 saturated heterocycles. The van der Waals surface area contributed by atoms with Crippen molar-refractivity contribution >= 4 is 33.2 Å². The lowest BCUT2D eigenvalue weighted by molar-refractivity contribution is -0.116. The van der Waals surface area contributed by atoms with E-state index < -0.39 is 10.0 Å². The molecule has 6 nitrogen and oxygen atoms in total. The summed E-state index contributed by atoms with van der Waals surface area (Å²) in [6.07, 6.45) is 0.00110. The fourth-order valence-corrected chi connectivity index (χ4v) is 3.49. The Bertz CT molecular complexity index is 840. The maximum Gasteiger partial charge on any atom is 0.240 e. The van der Waals surface area contributed by atoms with Crippen LogP contribution in [-0.4, -0.2) is 28.0 Å². The third-order valence-corrected chi connectivity index (χ3v) is 5.04. The van der Waals surface area contributed by atoms with Crippen molar-refractivity contribution in [2.75, 3.05) is 19.0 Å². The molecule has 0 aromatic heterocycles. The summed E-state index contributed by atoms with van der Waals surface area (Å²) in [5, 5.41) is 3.08. The van der Waals surface area contributed by atoms with Crippen molar-refractivity contribution in [2.24, 2.45) is 0 Å². The predicted molar refractivity (Wildman–Crippen MR) is 97.0 cm³/mol. The number of hydrogen-bond donors (Lipinski definition) is 2. The van der Waals surface area contributed by atoms with Crippen LogP contribution in [0.4, 0.5) is 5.69 Å². The number of carbonyl (C=O) groups excluding carboxylic acids is 1. The fourth-order valence-electron chi connectivity index (χ4n) is 2.15. The number of para-hydroxylation sites is 1. The molecule has 0 heterocycles. The fraction of sp³-hybridized carbons (Fsp3) is 0.235.